The van der Waals surface area contributed by atoms with Gasteiger partial charge in [-0.05, 0) is 36.2 Å². The highest BCUT2D eigenvalue weighted by Crippen LogP contribution is 2.33. The molecule has 1 aromatic heterocycles. The average Bonchev–Trinajstić information content (AvgIpc) is 3.17. The maximum atomic E-state index is 12.8. The molecule has 4 rings (SSSR count). The van der Waals surface area contributed by atoms with Gasteiger partial charge in [-0.2, -0.15) is 0 Å². The predicted octanol–water partition coefficient (Wildman–Crippen LogP) is 2.91. The maximum absolute atomic E-state index is 12.8. The maximum Gasteiger partial charge on any atom is 0.227 e. The van der Waals surface area contributed by atoms with Gasteiger partial charge in [0.25, 0.3) is 0 Å². The summed E-state index contributed by atoms with van der Waals surface area (Å²) < 4.78 is 30.3. The van der Waals surface area contributed by atoms with Gasteiger partial charge in [0, 0.05) is 32.4 Å². The lowest BCUT2D eigenvalue weighted by molar-refractivity contribution is -0.130. The normalized spacial score (nSPS) is 14.8. The van der Waals surface area contributed by atoms with Crippen LogP contribution >= 0.6 is 11.3 Å². The number of carbonyl (C=O) groups excluding carboxylic acids is 1. The van der Waals surface area contributed by atoms with Crippen molar-refractivity contribution in [2.45, 2.75) is 18.2 Å². The SMILES string of the molecule is COc1ccc(CC(=O)N2CCN(c3nc4c(S(C)(=O)=O)cccc4s3)CC2)cc1C. The first-order valence-electron chi connectivity index (χ1n) is 10.0. The summed E-state index contributed by atoms with van der Waals surface area (Å²) >= 11 is 1.49. The molecule has 1 aliphatic rings. The lowest BCUT2D eigenvalue weighted by Crippen LogP contribution is -2.49. The van der Waals surface area contributed by atoms with E-state index in [1.54, 1.807) is 19.2 Å². The van der Waals surface area contributed by atoms with Crippen LogP contribution in [0.3, 0.4) is 0 Å². The van der Waals surface area contributed by atoms with Crippen molar-refractivity contribution in [2.24, 2.45) is 0 Å². The third-order valence-corrected chi connectivity index (χ3v) is 7.70. The van der Waals surface area contributed by atoms with Crippen molar-refractivity contribution >= 4 is 42.4 Å². The molecule has 0 aliphatic carbocycles. The number of hydrogen-bond acceptors (Lipinski definition) is 7. The highest BCUT2D eigenvalue weighted by Gasteiger charge is 2.24. The number of piperazine rings is 1. The molecular formula is C22H25N3O4S2. The summed E-state index contributed by atoms with van der Waals surface area (Å²) in [7, 11) is -1.70. The van der Waals surface area contributed by atoms with E-state index < -0.39 is 9.84 Å². The van der Waals surface area contributed by atoms with E-state index in [4.69, 9.17) is 4.74 Å². The summed E-state index contributed by atoms with van der Waals surface area (Å²) in [5, 5.41) is 0.795. The van der Waals surface area contributed by atoms with Gasteiger partial charge in [0.1, 0.15) is 11.3 Å². The van der Waals surface area contributed by atoms with E-state index in [2.05, 4.69) is 9.88 Å². The molecule has 2 heterocycles. The highest BCUT2D eigenvalue weighted by atomic mass is 32.2. The van der Waals surface area contributed by atoms with Crippen LogP contribution in [0.25, 0.3) is 10.2 Å². The number of sulfone groups is 1. The smallest absolute Gasteiger partial charge is 0.227 e. The highest BCUT2D eigenvalue weighted by molar-refractivity contribution is 7.91. The second-order valence-electron chi connectivity index (χ2n) is 7.72. The van der Waals surface area contributed by atoms with Gasteiger partial charge < -0.3 is 14.5 Å². The molecule has 7 nitrogen and oxygen atoms in total. The largest absolute Gasteiger partial charge is 0.496 e. The first-order chi connectivity index (χ1) is 14.8. The number of hydrogen-bond donors (Lipinski definition) is 0. The summed E-state index contributed by atoms with van der Waals surface area (Å²) in [5.74, 6) is 0.924. The van der Waals surface area contributed by atoms with Crippen LogP contribution in [0.5, 0.6) is 5.75 Å². The van der Waals surface area contributed by atoms with E-state index >= 15 is 0 Å². The second-order valence-corrected chi connectivity index (χ2v) is 10.7. The number of thiazole rings is 1. The molecule has 2 aromatic carbocycles. The van der Waals surface area contributed by atoms with Gasteiger partial charge in [-0.15, -0.1) is 0 Å². The van der Waals surface area contributed by atoms with Crippen molar-refractivity contribution in [3.05, 3.63) is 47.5 Å². The number of aromatic nitrogens is 1. The summed E-state index contributed by atoms with van der Waals surface area (Å²) in [6.07, 6.45) is 1.57. The fourth-order valence-electron chi connectivity index (χ4n) is 3.83. The molecule has 1 fully saturated rings. The zero-order chi connectivity index (χ0) is 22.2. The van der Waals surface area contributed by atoms with Gasteiger partial charge in [-0.3, -0.25) is 4.79 Å². The Balaban J connectivity index is 1.43. The number of carbonyl (C=O) groups is 1. The Kier molecular flexibility index (Phi) is 5.90. The number of anilines is 1. The number of para-hydroxylation sites is 1. The quantitative estimate of drug-likeness (QED) is 0.584. The van der Waals surface area contributed by atoms with Crippen LogP contribution in [0.4, 0.5) is 5.13 Å². The fraction of sp³-hybridized carbons (Fsp3) is 0.364. The van der Waals surface area contributed by atoms with Gasteiger partial charge in [-0.1, -0.05) is 29.5 Å². The summed E-state index contributed by atoms with van der Waals surface area (Å²) in [6, 6.07) is 11.1. The Morgan fingerprint density at radius 1 is 1.16 bits per heavy atom. The summed E-state index contributed by atoms with van der Waals surface area (Å²) in [6.45, 7) is 4.53. The van der Waals surface area contributed by atoms with Crippen LogP contribution in [0.1, 0.15) is 11.1 Å². The minimum absolute atomic E-state index is 0.105. The number of methoxy groups -OCH3 is 1. The van der Waals surface area contributed by atoms with Crippen LogP contribution < -0.4 is 9.64 Å². The van der Waals surface area contributed by atoms with Gasteiger partial charge in [0.05, 0.1) is 23.1 Å². The number of amides is 1. The Morgan fingerprint density at radius 2 is 1.90 bits per heavy atom. The Bertz CT molecular complexity index is 1230. The lowest BCUT2D eigenvalue weighted by atomic mass is 10.1. The third-order valence-electron chi connectivity index (χ3n) is 5.49. The van der Waals surface area contributed by atoms with Crippen LogP contribution in [-0.4, -0.2) is 63.8 Å². The van der Waals surface area contributed by atoms with Crippen LogP contribution in [0.15, 0.2) is 41.3 Å². The number of nitrogens with zero attached hydrogens (tertiary/aromatic N) is 3. The van der Waals surface area contributed by atoms with Crippen molar-refractivity contribution in [3.63, 3.8) is 0 Å². The molecule has 1 saturated heterocycles. The van der Waals surface area contributed by atoms with Crippen LogP contribution in [0, 0.1) is 6.92 Å². The first kappa shape index (κ1) is 21.6. The Hall–Kier alpha value is -2.65. The molecule has 9 heteroatoms. The number of rotatable bonds is 5. The molecule has 164 valence electrons. The van der Waals surface area contributed by atoms with Crippen molar-refractivity contribution < 1.29 is 17.9 Å². The Morgan fingerprint density at radius 3 is 2.55 bits per heavy atom. The van der Waals surface area contributed by atoms with E-state index in [1.165, 1.54) is 17.6 Å². The molecule has 0 atom stereocenters. The lowest BCUT2D eigenvalue weighted by Gasteiger charge is -2.34. The van der Waals surface area contributed by atoms with Gasteiger partial charge in [0.15, 0.2) is 15.0 Å². The topological polar surface area (TPSA) is 79.8 Å². The van der Waals surface area contributed by atoms with Gasteiger partial charge in [-0.25, -0.2) is 13.4 Å². The standard InChI is InChI=1S/C22H25N3O4S2/c1-15-13-16(7-8-17(15)29-2)14-20(26)24-9-11-25(12-10-24)22-23-21-18(30-22)5-4-6-19(21)31(3,27)28/h4-8,13H,9-12,14H2,1-3H3. The van der Waals surface area contributed by atoms with E-state index in [0.29, 0.717) is 38.1 Å². The van der Waals surface area contributed by atoms with Crippen molar-refractivity contribution in [2.75, 3.05) is 44.4 Å². The minimum Gasteiger partial charge on any atom is -0.496 e. The molecule has 0 spiro atoms. The zero-order valence-electron chi connectivity index (χ0n) is 17.8. The second kappa shape index (κ2) is 8.47. The van der Waals surface area contributed by atoms with Crippen molar-refractivity contribution in [1.29, 1.82) is 0 Å². The monoisotopic (exact) mass is 459 g/mol. The fourth-order valence-corrected chi connectivity index (χ4v) is 5.77. The van der Waals surface area contributed by atoms with Crippen LogP contribution in [-0.2, 0) is 21.1 Å². The molecule has 1 aliphatic heterocycles. The molecule has 0 radical (unpaired) electrons. The zero-order valence-corrected chi connectivity index (χ0v) is 19.4. The molecular weight excluding hydrogens is 434 g/mol. The summed E-state index contributed by atoms with van der Waals surface area (Å²) in [5.41, 5.74) is 2.52. The number of fused-ring (bicyclic) bond motifs is 1. The molecule has 3 aromatic rings. The number of ether oxygens (including phenoxy) is 1. The van der Waals surface area contributed by atoms with Crippen molar-refractivity contribution in [1.82, 2.24) is 9.88 Å². The predicted molar refractivity (Wildman–Crippen MR) is 123 cm³/mol. The summed E-state index contributed by atoms with van der Waals surface area (Å²) in [4.78, 5) is 21.6. The Labute approximate surface area is 186 Å². The van der Waals surface area contributed by atoms with E-state index in [0.717, 1.165) is 26.7 Å². The van der Waals surface area contributed by atoms with Crippen molar-refractivity contribution in [3.8, 4) is 5.75 Å². The van der Waals surface area contributed by atoms with Gasteiger partial charge in [0.2, 0.25) is 5.91 Å². The third kappa shape index (κ3) is 4.52. The average molecular weight is 460 g/mol. The van der Waals surface area contributed by atoms with Crippen LogP contribution in [0.2, 0.25) is 0 Å². The number of benzene rings is 2. The molecule has 0 unspecified atom stereocenters. The molecule has 0 saturated carbocycles. The molecule has 31 heavy (non-hydrogen) atoms. The van der Waals surface area contributed by atoms with E-state index in [9.17, 15) is 13.2 Å². The molecule has 0 bridgehead atoms. The van der Waals surface area contributed by atoms with E-state index in [-0.39, 0.29) is 10.8 Å². The molecule has 0 N–H and O–H groups in total. The first-order valence-corrected chi connectivity index (χ1v) is 12.7. The van der Waals surface area contributed by atoms with E-state index in [1.807, 2.05) is 36.1 Å². The van der Waals surface area contributed by atoms with Gasteiger partial charge >= 0.3 is 0 Å². The number of aryl methyl sites for hydroxylation is 1. The minimum atomic E-state index is -3.34. The molecule has 1 amide bonds.